The van der Waals surface area contributed by atoms with E-state index in [2.05, 4.69) is 25.3 Å². The molecule has 2 unspecified atom stereocenters. The molecule has 4 heterocycles. The number of fused-ring (bicyclic) bond motifs is 2. The van der Waals surface area contributed by atoms with Crippen molar-refractivity contribution < 1.29 is 23.8 Å². The third-order valence-corrected chi connectivity index (χ3v) is 7.10. The summed E-state index contributed by atoms with van der Waals surface area (Å²) in [5, 5.41) is 16.4. The van der Waals surface area contributed by atoms with Gasteiger partial charge in [-0.2, -0.15) is 5.10 Å². The van der Waals surface area contributed by atoms with Gasteiger partial charge < -0.3 is 20.1 Å². The highest BCUT2D eigenvalue weighted by atomic mass is 19.1. The Labute approximate surface area is 213 Å². The summed E-state index contributed by atoms with van der Waals surface area (Å²) in [5.41, 5.74) is 0.881. The molecule has 0 spiro atoms. The molecule has 0 aromatic carbocycles. The zero-order valence-corrected chi connectivity index (χ0v) is 21.4. The Balaban J connectivity index is 1.40. The molecule has 1 amide bonds. The molecule has 5 rings (SSSR count). The van der Waals surface area contributed by atoms with Gasteiger partial charge in [0.25, 0.3) is 0 Å². The number of hydrogen-bond donors (Lipinski definition) is 2. The first-order chi connectivity index (χ1) is 17.5. The fraction of sp³-hybridized carbons (Fsp3) is 0.500. The second kappa shape index (κ2) is 8.97. The summed E-state index contributed by atoms with van der Waals surface area (Å²) >= 11 is 0. The number of carboxylic acid groups (broad SMARTS) is 1. The van der Waals surface area contributed by atoms with E-state index < -0.39 is 29.0 Å². The standard InChI is InChI=1S/C26H31FN6O4/c1-15(30-24(36)37-25(2,3)4)5-6-20-19(11-17(27)13-28-20)26-12-16(26)7-9-32(26)21-8-10-33-22(31-21)18(14-29-33)23(34)35/h8,10-11,13-16H,5-7,9,12H2,1-4H3,(H,30,36)(H,34,35)/t15-,16?,26?/m1/s1. The van der Waals surface area contributed by atoms with Crippen LogP contribution >= 0.6 is 0 Å². The molecule has 37 heavy (non-hydrogen) atoms. The van der Waals surface area contributed by atoms with Crippen molar-refractivity contribution in [2.75, 3.05) is 11.4 Å². The summed E-state index contributed by atoms with van der Waals surface area (Å²) in [6, 6.07) is 3.21. The maximum absolute atomic E-state index is 14.5. The van der Waals surface area contributed by atoms with Gasteiger partial charge in [-0.3, -0.25) is 4.98 Å². The third-order valence-electron chi connectivity index (χ3n) is 7.10. The molecule has 11 heteroatoms. The number of hydrogen-bond acceptors (Lipinski definition) is 7. The number of carbonyl (C=O) groups excluding carboxylic acids is 1. The lowest BCUT2D eigenvalue weighted by molar-refractivity contribution is 0.0505. The maximum Gasteiger partial charge on any atom is 0.407 e. The number of aromatic nitrogens is 4. The molecule has 1 aliphatic heterocycles. The Morgan fingerprint density at radius 2 is 2.14 bits per heavy atom. The minimum atomic E-state index is -1.09. The van der Waals surface area contributed by atoms with Crippen LogP contribution in [-0.4, -0.2) is 54.9 Å². The van der Waals surface area contributed by atoms with Crippen molar-refractivity contribution in [3.63, 3.8) is 0 Å². The number of pyridine rings is 1. The number of carbonyl (C=O) groups is 2. The van der Waals surface area contributed by atoms with Crippen LogP contribution in [-0.2, 0) is 16.7 Å². The van der Waals surface area contributed by atoms with Crippen LogP contribution in [0.5, 0.6) is 0 Å². The second-order valence-electron chi connectivity index (χ2n) is 10.9. The number of carboxylic acids is 1. The minimum absolute atomic E-state index is 0.0297. The van der Waals surface area contributed by atoms with Crippen molar-refractivity contribution in [2.24, 2.45) is 5.92 Å². The van der Waals surface area contributed by atoms with E-state index in [0.717, 1.165) is 30.6 Å². The summed E-state index contributed by atoms with van der Waals surface area (Å²) in [6.45, 7) is 8.06. The van der Waals surface area contributed by atoms with E-state index >= 15 is 0 Å². The number of aryl methyl sites for hydroxylation is 1. The van der Waals surface area contributed by atoms with Crippen LogP contribution in [0.3, 0.4) is 0 Å². The Morgan fingerprint density at radius 1 is 1.35 bits per heavy atom. The molecule has 2 N–H and O–H groups in total. The molecule has 0 bridgehead atoms. The SMILES string of the molecule is C[C@H](CCc1ncc(F)cc1C12CC1CCN2c1ccn2ncc(C(=O)O)c2n1)NC(=O)OC(C)(C)C. The Kier molecular flexibility index (Phi) is 6.04. The van der Waals surface area contributed by atoms with Crippen molar-refractivity contribution >= 4 is 23.5 Å². The van der Waals surface area contributed by atoms with Gasteiger partial charge in [0.2, 0.25) is 0 Å². The summed E-state index contributed by atoms with van der Waals surface area (Å²) in [5.74, 6) is -0.538. The van der Waals surface area contributed by atoms with Gasteiger partial charge in [0.05, 0.1) is 17.9 Å². The Bertz CT molecular complexity index is 1370. The van der Waals surface area contributed by atoms with Gasteiger partial charge in [-0.25, -0.2) is 23.5 Å². The molecule has 1 aliphatic carbocycles. The summed E-state index contributed by atoms with van der Waals surface area (Å²) in [4.78, 5) is 35.0. The number of nitrogens with one attached hydrogen (secondary N) is 1. The molecule has 3 aromatic rings. The monoisotopic (exact) mass is 510 g/mol. The summed E-state index contributed by atoms with van der Waals surface area (Å²) < 4.78 is 21.3. The number of piperidine rings is 1. The lowest BCUT2D eigenvalue weighted by atomic mass is 9.96. The van der Waals surface area contributed by atoms with Gasteiger partial charge in [0.15, 0.2) is 5.65 Å². The van der Waals surface area contributed by atoms with Crippen molar-refractivity contribution in [1.29, 1.82) is 0 Å². The van der Waals surface area contributed by atoms with Crippen LogP contribution in [0.15, 0.2) is 30.7 Å². The van der Waals surface area contributed by atoms with Crippen LogP contribution < -0.4 is 10.2 Å². The number of nitrogens with zero attached hydrogens (tertiary/aromatic N) is 5. The number of alkyl carbamates (subject to hydrolysis) is 1. The first-order valence-electron chi connectivity index (χ1n) is 12.5. The van der Waals surface area contributed by atoms with Gasteiger partial charge in [-0.05, 0) is 71.4 Å². The first kappa shape index (κ1) is 24.9. The van der Waals surface area contributed by atoms with Crippen LogP contribution in [0, 0.1) is 11.7 Å². The number of amides is 1. The molecule has 1 saturated heterocycles. The number of anilines is 1. The summed E-state index contributed by atoms with van der Waals surface area (Å²) in [6.07, 6.45) is 6.66. The number of ether oxygens (including phenoxy) is 1. The van der Waals surface area contributed by atoms with E-state index in [0.29, 0.717) is 24.6 Å². The van der Waals surface area contributed by atoms with Crippen molar-refractivity contribution in [3.05, 3.63) is 53.4 Å². The lowest BCUT2D eigenvalue weighted by Gasteiger charge is -2.31. The normalized spacial score (nSPS) is 21.5. The van der Waals surface area contributed by atoms with Gasteiger partial charge in [0, 0.05) is 30.0 Å². The van der Waals surface area contributed by atoms with Crippen LogP contribution in [0.2, 0.25) is 0 Å². The number of rotatable bonds is 7. The van der Waals surface area contributed by atoms with Gasteiger partial charge in [0.1, 0.15) is 22.8 Å². The Morgan fingerprint density at radius 3 is 2.84 bits per heavy atom. The highest BCUT2D eigenvalue weighted by molar-refractivity contribution is 5.94. The van der Waals surface area contributed by atoms with Gasteiger partial charge in [-0.15, -0.1) is 0 Å². The quantitative estimate of drug-likeness (QED) is 0.490. The predicted molar refractivity (Wildman–Crippen MR) is 133 cm³/mol. The van der Waals surface area contributed by atoms with E-state index in [9.17, 15) is 19.1 Å². The van der Waals surface area contributed by atoms with Crippen LogP contribution in [0.25, 0.3) is 5.65 Å². The fourth-order valence-corrected chi connectivity index (χ4v) is 5.40. The van der Waals surface area contributed by atoms with Crippen molar-refractivity contribution in [3.8, 4) is 0 Å². The lowest BCUT2D eigenvalue weighted by Crippen LogP contribution is -2.38. The summed E-state index contributed by atoms with van der Waals surface area (Å²) in [7, 11) is 0. The number of halogens is 1. The largest absolute Gasteiger partial charge is 0.477 e. The van der Waals surface area contributed by atoms with E-state index in [1.54, 1.807) is 12.3 Å². The van der Waals surface area contributed by atoms with Gasteiger partial charge in [-0.1, -0.05) is 0 Å². The fourth-order valence-electron chi connectivity index (χ4n) is 5.40. The molecular weight excluding hydrogens is 479 g/mol. The average Bonchev–Trinajstić information content (AvgIpc) is 3.18. The minimum Gasteiger partial charge on any atom is -0.477 e. The molecule has 2 fully saturated rings. The molecule has 2 aliphatic rings. The van der Waals surface area contributed by atoms with Gasteiger partial charge >= 0.3 is 12.1 Å². The Hall–Kier alpha value is -3.76. The van der Waals surface area contributed by atoms with Crippen LogP contribution in [0.4, 0.5) is 15.0 Å². The number of aromatic carboxylic acids is 1. The molecular formula is C26H31FN6O4. The molecule has 3 atom stereocenters. The van der Waals surface area contributed by atoms with Crippen LogP contribution in [0.1, 0.15) is 68.6 Å². The molecule has 0 radical (unpaired) electrons. The molecule has 1 saturated carbocycles. The maximum atomic E-state index is 14.5. The highest BCUT2D eigenvalue weighted by Crippen LogP contribution is 2.63. The highest BCUT2D eigenvalue weighted by Gasteiger charge is 2.64. The molecule has 196 valence electrons. The first-order valence-corrected chi connectivity index (χ1v) is 12.5. The zero-order valence-electron chi connectivity index (χ0n) is 21.4. The molecule has 10 nitrogen and oxygen atoms in total. The predicted octanol–water partition coefficient (Wildman–Crippen LogP) is 3.93. The topological polar surface area (TPSA) is 122 Å². The van der Waals surface area contributed by atoms with E-state index in [-0.39, 0.29) is 17.3 Å². The third kappa shape index (κ3) is 4.70. The average molecular weight is 511 g/mol. The van der Waals surface area contributed by atoms with E-state index in [4.69, 9.17) is 4.74 Å². The van der Waals surface area contributed by atoms with Crippen molar-refractivity contribution in [1.82, 2.24) is 24.9 Å². The molecule has 3 aromatic heterocycles. The smallest absolute Gasteiger partial charge is 0.407 e. The second-order valence-corrected chi connectivity index (χ2v) is 10.9. The van der Waals surface area contributed by atoms with E-state index in [1.165, 1.54) is 16.9 Å². The van der Waals surface area contributed by atoms with E-state index in [1.807, 2.05) is 33.8 Å². The van der Waals surface area contributed by atoms with Crippen molar-refractivity contribution in [2.45, 2.75) is 70.6 Å². The zero-order chi connectivity index (χ0) is 26.5.